The van der Waals surface area contributed by atoms with Crippen LogP contribution in [0.2, 0.25) is 0 Å². The van der Waals surface area contributed by atoms with Crippen molar-refractivity contribution in [2.45, 2.75) is 11.8 Å². The predicted molar refractivity (Wildman–Crippen MR) is 100 cm³/mol. The highest BCUT2D eigenvalue weighted by molar-refractivity contribution is 6.05. The largest absolute Gasteiger partial charge is 0.426 e. The van der Waals surface area contributed by atoms with Crippen molar-refractivity contribution in [3.63, 3.8) is 0 Å². The van der Waals surface area contributed by atoms with Gasteiger partial charge in [-0.15, -0.1) is 0 Å². The molecule has 1 heterocycles. The summed E-state index contributed by atoms with van der Waals surface area (Å²) in [4.78, 5) is 38.9. The van der Waals surface area contributed by atoms with Crippen LogP contribution in [-0.4, -0.2) is 24.7 Å². The van der Waals surface area contributed by atoms with Crippen molar-refractivity contribution in [3.05, 3.63) is 89.7 Å². The minimum atomic E-state index is -0.974. The summed E-state index contributed by atoms with van der Waals surface area (Å²) in [5.41, 5.74) is 0.957. The first-order chi connectivity index (χ1) is 13.0. The van der Waals surface area contributed by atoms with Crippen LogP contribution in [0.4, 0.5) is 5.69 Å². The van der Waals surface area contributed by atoms with Crippen LogP contribution < -0.4 is 4.90 Å². The molecule has 0 fully saturated rings. The van der Waals surface area contributed by atoms with Crippen molar-refractivity contribution in [1.82, 2.24) is 0 Å². The lowest BCUT2D eigenvalue weighted by Crippen LogP contribution is -2.44. The van der Waals surface area contributed by atoms with E-state index < -0.39 is 11.4 Å². The molecule has 27 heavy (non-hydrogen) atoms. The molecule has 4 rings (SSSR count). The number of ketones is 1. The van der Waals surface area contributed by atoms with Crippen LogP contribution in [0.1, 0.15) is 22.3 Å². The zero-order valence-corrected chi connectivity index (χ0v) is 14.7. The van der Waals surface area contributed by atoms with E-state index in [0.29, 0.717) is 5.56 Å². The topological polar surface area (TPSA) is 63.7 Å². The number of nitrogens with zero attached hydrogens (tertiary/aromatic N) is 1. The van der Waals surface area contributed by atoms with Gasteiger partial charge in [0.1, 0.15) is 5.76 Å². The molecule has 0 saturated heterocycles. The van der Waals surface area contributed by atoms with Gasteiger partial charge in [0, 0.05) is 25.2 Å². The zero-order chi connectivity index (χ0) is 19.0. The van der Waals surface area contributed by atoms with E-state index in [9.17, 15) is 14.4 Å². The van der Waals surface area contributed by atoms with E-state index in [1.54, 1.807) is 48.4 Å². The predicted octanol–water partition coefficient (Wildman–Crippen LogP) is 3.17. The smallest absolute Gasteiger partial charge is 0.343 e. The second-order valence-corrected chi connectivity index (χ2v) is 6.62. The van der Waals surface area contributed by atoms with Crippen molar-refractivity contribution in [2.24, 2.45) is 0 Å². The standard InChI is InChI=1S/C22H17NO4/c1-23-18-10-6-5-9-17(18)22(14-20(23)25)12-11-16(24)13-19(22)27-21(26)15-7-3-2-4-8-15/h2-13H,14H2,1H3. The van der Waals surface area contributed by atoms with Gasteiger partial charge in [0.2, 0.25) is 5.91 Å². The molecule has 0 bridgehead atoms. The van der Waals surface area contributed by atoms with Gasteiger partial charge >= 0.3 is 5.97 Å². The van der Waals surface area contributed by atoms with Crippen LogP contribution in [0.25, 0.3) is 0 Å². The summed E-state index contributed by atoms with van der Waals surface area (Å²) in [7, 11) is 1.71. The van der Waals surface area contributed by atoms with Crippen molar-refractivity contribution < 1.29 is 19.1 Å². The molecule has 1 aliphatic heterocycles. The summed E-state index contributed by atoms with van der Waals surface area (Å²) in [5.74, 6) is -0.777. The third kappa shape index (κ3) is 2.77. The maximum absolute atomic E-state index is 12.7. The summed E-state index contributed by atoms with van der Waals surface area (Å²) < 4.78 is 5.66. The van der Waals surface area contributed by atoms with E-state index in [1.807, 2.05) is 24.3 Å². The molecule has 1 atom stereocenters. The first kappa shape index (κ1) is 17.0. The van der Waals surface area contributed by atoms with Crippen LogP contribution in [0.5, 0.6) is 0 Å². The van der Waals surface area contributed by atoms with Gasteiger partial charge in [0.05, 0.1) is 11.0 Å². The van der Waals surface area contributed by atoms with Crippen LogP contribution in [0.15, 0.2) is 78.6 Å². The van der Waals surface area contributed by atoms with Crippen LogP contribution in [0, 0.1) is 0 Å². The molecule has 2 aromatic rings. The number of benzene rings is 2. The summed E-state index contributed by atoms with van der Waals surface area (Å²) in [6.45, 7) is 0. The first-order valence-electron chi connectivity index (χ1n) is 8.60. The second kappa shape index (κ2) is 6.36. The average molecular weight is 359 g/mol. The molecule has 2 aromatic carbocycles. The fourth-order valence-corrected chi connectivity index (χ4v) is 3.56. The normalized spacial score (nSPS) is 21.1. The maximum atomic E-state index is 12.7. The number of anilines is 1. The number of esters is 1. The molecule has 1 unspecified atom stereocenters. The molecule has 0 aromatic heterocycles. The quantitative estimate of drug-likeness (QED) is 0.773. The van der Waals surface area contributed by atoms with E-state index in [0.717, 1.165) is 11.3 Å². The molecular formula is C22H17NO4. The number of fused-ring (bicyclic) bond motifs is 2. The molecule has 134 valence electrons. The molecule has 1 spiro atoms. The molecule has 0 N–H and O–H groups in total. The fraction of sp³-hybridized carbons (Fsp3) is 0.136. The van der Waals surface area contributed by atoms with Crippen molar-refractivity contribution in [1.29, 1.82) is 0 Å². The fourth-order valence-electron chi connectivity index (χ4n) is 3.56. The van der Waals surface area contributed by atoms with E-state index >= 15 is 0 Å². The Balaban J connectivity index is 1.81. The van der Waals surface area contributed by atoms with Crippen LogP contribution in [-0.2, 0) is 19.7 Å². The lowest BCUT2D eigenvalue weighted by Gasteiger charge is -2.41. The van der Waals surface area contributed by atoms with Crippen molar-refractivity contribution in [2.75, 3.05) is 11.9 Å². The number of amides is 1. The summed E-state index contributed by atoms with van der Waals surface area (Å²) >= 11 is 0. The Hall–Kier alpha value is -3.47. The zero-order valence-electron chi connectivity index (χ0n) is 14.7. The summed E-state index contributed by atoms with van der Waals surface area (Å²) in [6, 6.07) is 16.0. The number of para-hydroxylation sites is 1. The summed E-state index contributed by atoms with van der Waals surface area (Å²) in [6.07, 6.45) is 4.48. The van der Waals surface area contributed by atoms with Gasteiger partial charge in [-0.1, -0.05) is 42.5 Å². The third-order valence-electron chi connectivity index (χ3n) is 5.01. The highest BCUT2D eigenvalue weighted by atomic mass is 16.5. The highest BCUT2D eigenvalue weighted by Gasteiger charge is 2.46. The minimum Gasteiger partial charge on any atom is -0.426 e. The summed E-state index contributed by atoms with van der Waals surface area (Å²) in [5, 5.41) is 0. The second-order valence-electron chi connectivity index (χ2n) is 6.62. The van der Waals surface area contributed by atoms with E-state index in [1.165, 1.54) is 12.2 Å². The Morgan fingerprint density at radius 3 is 2.52 bits per heavy atom. The average Bonchev–Trinajstić information content (AvgIpc) is 2.69. The van der Waals surface area contributed by atoms with E-state index in [4.69, 9.17) is 4.74 Å². The Morgan fingerprint density at radius 2 is 1.74 bits per heavy atom. The third-order valence-corrected chi connectivity index (χ3v) is 5.01. The van der Waals surface area contributed by atoms with Crippen molar-refractivity contribution >= 4 is 23.3 Å². The van der Waals surface area contributed by atoms with Gasteiger partial charge in [-0.3, -0.25) is 9.59 Å². The maximum Gasteiger partial charge on any atom is 0.343 e. The van der Waals surface area contributed by atoms with E-state index in [2.05, 4.69) is 0 Å². The molecule has 0 saturated carbocycles. The lowest BCUT2D eigenvalue weighted by molar-refractivity contribution is -0.120. The van der Waals surface area contributed by atoms with Crippen molar-refractivity contribution in [3.8, 4) is 0 Å². The van der Waals surface area contributed by atoms with Gasteiger partial charge in [0.25, 0.3) is 0 Å². The van der Waals surface area contributed by atoms with Gasteiger partial charge in [0.15, 0.2) is 5.78 Å². The molecule has 1 amide bonds. The Labute approximate surface area is 156 Å². The first-order valence-corrected chi connectivity index (χ1v) is 8.60. The molecule has 1 aliphatic carbocycles. The number of hydrogen-bond donors (Lipinski definition) is 0. The van der Waals surface area contributed by atoms with Gasteiger partial charge < -0.3 is 9.64 Å². The Kier molecular flexibility index (Phi) is 4.00. The minimum absolute atomic E-state index is 0.0815. The number of ether oxygens (including phenoxy) is 1. The van der Waals surface area contributed by atoms with Crippen LogP contribution in [0.3, 0.4) is 0 Å². The van der Waals surface area contributed by atoms with Gasteiger partial charge in [-0.25, -0.2) is 4.79 Å². The van der Waals surface area contributed by atoms with Gasteiger partial charge in [-0.05, 0) is 29.8 Å². The van der Waals surface area contributed by atoms with Gasteiger partial charge in [-0.2, -0.15) is 0 Å². The highest BCUT2D eigenvalue weighted by Crippen LogP contribution is 2.47. The molecule has 0 radical (unpaired) electrons. The van der Waals surface area contributed by atoms with E-state index in [-0.39, 0.29) is 23.9 Å². The number of allylic oxidation sites excluding steroid dienone is 3. The molecule has 2 aliphatic rings. The SMILES string of the molecule is CN1C(=O)CC2(C=CC(=O)C=C2OC(=O)c2ccccc2)c2ccccc21. The number of rotatable bonds is 2. The number of carbonyl (C=O) groups excluding carboxylic acids is 3. The Morgan fingerprint density at radius 1 is 1.04 bits per heavy atom. The number of hydrogen-bond acceptors (Lipinski definition) is 4. The monoisotopic (exact) mass is 359 g/mol. The van der Waals surface area contributed by atoms with Crippen LogP contribution >= 0.6 is 0 Å². The molecular weight excluding hydrogens is 342 g/mol. The number of carbonyl (C=O) groups is 3. The molecule has 5 nitrogen and oxygen atoms in total. The molecule has 5 heteroatoms. The lowest BCUT2D eigenvalue weighted by atomic mass is 9.70. The Bertz CT molecular complexity index is 1010.